The Balaban J connectivity index is 1.51. The van der Waals surface area contributed by atoms with E-state index in [-0.39, 0.29) is 11.9 Å². The van der Waals surface area contributed by atoms with E-state index in [1.165, 1.54) is 12.0 Å². The van der Waals surface area contributed by atoms with Crippen LogP contribution in [0.2, 0.25) is 0 Å². The van der Waals surface area contributed by atoms with Crippen LogP contribution in [-0.4, -0.2) is 48.6 Å². The standard InChI is InChI=1S/C17H23N3O3S2/c1-23-16(22)14-11-5-2-6-12(11)25-15(14)19-17(24)18-8-4-10-20-9-3-7-13(20)21/h2-10H2,1H3,(H2,18,19,24). The molecule has 25 heavy (non-hydrogen) atoms. The van der Waals surface area contributed by atoms with Gasteiger partial charge in [0.1, 0.15) is 5.00 Å². The van der Waals surface area contributed by atoms with Crippen molar-refractivity contribution in [3.05, 3.63) is 16.0 Å². The van der Waals surface area contributed by atoms with Gasteiger partial charge in [-0.15, -0.1) is 11.3 Å². The number of methoxy groups -OCH3 is 1. The highest BCUT2D eigenvalue weighted by molar-refractivity contribution is 7.80. The average molecular weight is 382 g/mol. The van der Waals surface area contributed by atoms with E-state index >= 15 is 0 Å². The third kappa shape index (κ3) is 4.12. The molecule has 8 heteroatoms. The molecule has 0 radical (unpaired) electrons. The summed E-state index contributed by atoms with van der Waals surface area (Å²) in [6.07, 6.45) is 5.50. The molecule has 1 aliphatic carbocycles. The lowest BCUT2D eigenvalue weighted by Crippen LogP contribution is -2.33. The van der Waals surface area contributed by atoms with Gasteiger partial charge in [-0.05, 0) is 49.9 Å². The number of nitrogens with zero attached hydrogens (tertiary/aromatic N) is 1. The van der Waals surface area contributed by atoms with E-state index in [4.69, 9.17) is 17.0 Å². The number of rotatable bonds is 6. The van der Waals surface area contributed by atoms with Gasteiger partial charge in [-0.3, -0.25) is 4.79 Å². The first-order valence-electron chi connectivity index (χ1n) is 8.65. The van der Waals surface area contributed by atoms with Crippen LogP contribution in [0.3, 0.4) is 0 Å². The van der Waals surface area contributed by atoms with Crippen molar-refractivity contribution in [1.82, 2.24) is 10.2 Å². The number of fused-ring (bicyclic) bond motifs is 1. The van der Waals surface area contributed by atoms with Crippen LogP contribution in [0, 0.1) is 0 Å². The SMILES string of the molecule is COC(=O)c1c(NC(=S)NCCCN2CCCC2=O)sc2c1CCC2. The fourth-order valence-electron chi connectivity index (χ4n) is 3.37. The molecule has 1 saturated heterocycles. The number of likely N-dealkylation sites (tertiary alicyclic amines) is 1. The molecule has 2 N–H and O–H groups in total. The van der Waals surface area contributed by atoms with Crippen LogP contribution in [0.4, 0.5) is 5.00 Å². The second-order valence-electron chi connectivity index (χ2n) is 6.27. The third-order valence-electron chi connectivity index (χ3n) is 4.60. The fraction of sp³-hybridized carbons (Fsp3) is 0.588. The van der Waals surface area contributed by atoms with Crippen LogP contribution in [0.25, 0.3) is 0 Å². The summed E-state index contributed by atoms with van der Waals surface area (Å²) in [5.41, 5.74) is 1.74. The lowest BCUT2D eigenvalue weighted by atomic mass is 10.1. The number of hydrogen-bond donors (Lipinski definition) is 2. The van der Waals surface area contributed by atoms with Crippen molar-refractivity contribution in [2.75, 3.05) is 32.1 Å². The lowest BCUT2D eigenvalue weighted by molar-refractivity contribution is -0.127. The summed E-state index contributed by atoms with van der Waals surface area (Å²) < 4.78 is 4.93. The molecule has 1 aromatic rings. The van der Waals surface area contributed by atoms with E-state index in [0.29, 0.717) is 23.6 Å². The number of amides is 1. The Morgan fingerprint density at radius 3 is 2.88 bits per heavy atom. The molecule has 0 atom stereocenters. The van der Waals surface area contributed by atoms with Crippen LogP contribution < -0.4 is 10.6 Å². The number of hydrogen-bond acceptors (Lipinski definition) is 5. The molecule has 1 fully saturated rings. The third-order valence-corrected chi connectivity index (χ3v) is 6.05. The van der Waals surface area contributed by atoms with E-state index in [0.717, 1.165) is 55.8 Å². The first-order valence-corrected chi connectivity index (χ1v) is 9.88. The largest absolute Gasteiger partial charge is 0.465 e. The minimum absolute atomic E-state index is 0.247. The number of esters is 1. The summed E-state index contributed by atoms with van der Waals surface area (Å²) in [6, 6.07) is 0. The highest BCUT2D eigenvalue weighted by Crippen LogP contribution is 2.39. The van der Waals surface area contributed by atoms with Crippen LogP contribution in [0.1, 0.15) is 46.5 Å². The van der Waals surface area contributed by atoms with E-state index in [9.17, 15) is 9.59 Å². The molecule has 136 valence electrons. The number of thiophene rings is 1. The van der Waals surface area contributed by atoms with Gasteiger partial charge in [0, 0.05) is 30.9 Å². The van der Waals surface area contributed by atoms with E-state index in [1.807, 2.05) is 4.90 Å². The predicted molar refractivity (Wildman–Crippen MR) is 102 cm³/mol. The second kappa shape index (κ2) is 8.14. The van der Waals surface area contributed by atoms with Crippen molar-refractivity contribution in [2.45, 2.75) is 38.5 Å². The molecule has 6 nitrogen and oxygen atoms in total. The maximum atomic E-state index is 12.1. The zero-order chi connectivity index (χ0) is 17.8. The van der Waals surface area contributed by atoms with Crippen LogP contribution in [0.15, 0.2) is 0 Å². The number of nitrogens with one attached hydrogen (secondary N) is 2. The first kappa shape index (κ1) is 18.1. The normalized spacial score (nSPS) is 16.0. The summed E-state index contributed by atoms with van der Waals surface area (Å²) in [5, 5.41) is 7.57. The molecule has 1 amide bonds. The van der Waals surface area contributed by atoms with Crippen LogP contribution in [0.5, 0.6) is 0 Å². The zero-order valence-corrected chi connectivity index (χ0v) is 16.0. The van der Waals surface area contributed by atoms with Gasteiger partial charge in [-0.2, -0.15) is 0 Å². The van der Waals surface area contributed by atoms with Crippen molar-refractivity contribution < 1.29 is 14.3 Å². The molecule has 2 aliphatic rings. The van der Waals surface area contributed by atoms with Gasteiger partial charge in [-0.1, -0.05) is 0 Å². The minimum atomic E-state index is -0.308. The fourth-order valence-corrected chi connectivity index (χ4v) is 4.92. The van der Waals surface area contributed by atoms with Gasteiger partial charge in [0.15, 0.2) is 5.11 Å². The van der Waals surface area contributed by atoms with Gasteiger partial charge >= 0.3 is 5.97 Å². The van der Waals surface area contributed by atoms with E-state index in [2.05, 4.69) is 10.6 Å². The summed E-state index contributed by atoms with van der Waals surface area (Å²) in [7, 11) is 1.40. The van der Waals surface area contributed by atoms with E-state index < -0.39 is 0 Å². The number of aryl methyl sites for hydroxylation is 1. The molecule has 0 bridgehead atoms. The zero-order valence-electron chi connectivity index (χ0n) is 14.4. The molecule has 1 aromatic heterocycles. The first-order chi connectivity index (χ1) is 12.1. The molecular weight excluding hydrogens is 358 g/mol. The topological polar surface area (TPSA) is 70.7 Å². The monoisotopic (exact) mass is 381 g/mol. The van der Waals surface area contributed by atoms with Crippen molar-refractivity contribution >= 4 is 45.5 Å². The van der Waals surface area contributed by atoms with Gasteiger partial charge in [0.05, 0.1) is 12.7 Å². The molecule has 0 saturated carbocycles. The van der Waals surface area contributed by atoms with Gasteiger partial charge in [-0.25, -0.2) is 4.79 Å². The average Bonchev–Trinajstić information content (AvgIpc) is 3.27. The number of anilines is 1. The number of carbonyl (C=O) groups excluding carboxylic acids is 2. The Morgan fingerprint density at radius 1 is 1.32 bits per heavy atom. The highest BCUT2D eigenvalue weighted by Gasteiger charge is 2.27. The van der Waals surface area contributed by atoms with Crippen LogP contribution in [-0.2, 0) is 22.4 Å². The molecular formula is C17H23N3O3S2. The molecule has 1 aliphatic heterocycles. The van der Waals surface area contributed by atoms with Gasteiger partial charge < -0.3 is 20.3 Å². The van der Waals surface area contributed by atoms with Crippen LogP contribution >= 0.6 is 23.6 Å². The highest BCUT2D eigenvalue weighted by atomic mass is 32.1. The number of ether oxygens (including phenoxy) is 1. The Hall–Kier alpha value is -1.67. The summed E-state index contributed by atoms with van der Waals surface area (Å²) in [6.45, 7) is 2.31. The van der Waals surface area contributed by atoms with Crippen molar-refractivity contribution in [1.29, 1.82) is 0 Å². The van der Waals surface area contributed by atoms with E-state index in [1.54, 1.807) is 11.3 Å². The van der Waals surface area contributed by atoms with Crippen molar-refractivity contribution in [3.8, 4) is 0 Å². The Morgan fingerprint density at radius 2 is 2.16 bits per heavy atom. The van der Waals surface area contributed by atoms with Crippen molar-refractivity contribution in [3.63, 3.8) is 0 Å². The maximum absolute atomic E-state index is 12.1. The van der Waals surface area contributed by atoms with Gasteiger partial charge in [0.25, 0.3) is 0 Å². The minimum Gasteiger partial charge on any atom is -0.465 e. The summed E-state index contributed by atoms with van der Waals surface area (Å²) in [4.78, 5) is 26.8. The van der Waals surface area contributed by atoms with Gasteiger partial charge in [0.2, 0.25) is 5.91 Å². The Bertz CT molecular complexity index is 687. The number of thiocarbonyl (C=S) groups is 1. The molecule has 0 aromatic carbocycles. The predicted octanol–water partition coefficient (Wildman–Crippen LogP) is 2.32. The summed E-state index contributed by atoms with van der Waals surface area (Å²) >= 11 is 6.94. The maximum Gasteiger partial charge on any atom is 0.341 e. The quantitative estimate of drug-likeness (QED) is 0.448. The Labute approximate surface area is 156 Å². The summed E-state index contributed by atoms with van der Waals surface area (Å²) in [5.74, 6) is -0.0613. The lowest BCUT2D eigenvalue weighted by Gasteiger charge is -2.16. The van der Waals surface area contributed by atoms with Crippen molar-refractivity contribution in [2.24, 2.45) is 0 Å². The molecule has 2 heterocycles. The molecule has 3 rings (SSSR count). The Kier molecular flexibility index (Phi) is 5.90. The molecule has 0 spiro atoms. The molecule has 0 unspecified atom stereocenters. The second-order valence-corrected chi connectivity index (χ2v) is 7.79. The number of carbonyl (C=O) groups is 2. The smallest absolute Gasteiger partial charge is 0.341 e.